The van der Waals surface area contributed by atoms with Gasteiger partial charge < -0.3 is 5.11 Å². The molecule has 0 radical (unpaired) electrons. The molecule has 3 heteroatoms. The number of rotatable bonds is 5. The molecule has 0 spiro atoms. The Morgan fingerprint density at radius 3 is 2.58 bits per heavy atom. The summed E-state index contributed by atoms with van der Waals surface area (Å²) >= 11 is 0. The third-order valence-corrected chi connectivity index (χ3v) is 1.96. The molecule has 0 rings (SSSR count). The van der Waals surface area contributed by atoms with Gasteiger partial charge in [-0.05, 0) is 19.8 Å². The Kier molecular flexibility index (Phi) is 5.31. The van der Waals surface area contributed by atoms with Crippen LogP contribution in [0, 0.1) is 23.2 Å². The van der Waals surface area contributed by atoms with Crippen LogP contribution in [0.3, 0.4) is 0 Å². The van der Waals surface area contributed by atoms with E-state index in [-0.39, 0.29) is 17.6 Å². The lowest BCUT2D eigenvalue weighted by molar-refractivity contribution is -0.126. The van der Waals surface area contributed by atoms with E-state index in [1.54, 1.807) is 6.92 Å². The van der Waals surface area contributed by atoms with E-state index in [0.717, 1.165) is 0 Å². The van der Waals surface area contributed by atoms with Crippen molar-refractivity contribution in [2.24, 2.45) is 11.8 Å². The fourth-order valence-corrected chi connectivity index (χ4v) is 1.13. The predicted molar refractivity (Wildman–Crippen MR) is 45.3 cm³/mol. The van der Waals surface area contributed by atoms with Crippen LogP contribution in [0.15, 0.2) is 0 Å². The number of nitriles is 1. The van der Waals surface area contributed by atoms with Gasteiger partial charge >= 0.3 is 0 Å². The van der Waals surface area contributed by atoms with Crippen molar-refractivity contribution in [3.63, 3.8) is 0 Å². The maximum atomic E-state index is 11.0. The summed E-state index contributed by atoms with van der Waals surface area (Å²) in [6.07, 6.45) is 1.26. The molecule has 0 aromatic heterocycles. The Bertz CT molecular complexity index is 183. The van der Waals surface area contributed by atoms with E-state index in [1.807, 2.05) is 6.92 Å². The number of aliphatic hydroxyl groups excluding tert-OH is 1. The summed E-state index contributed by atoms with van der Waals surface area (Å²) < 4.78 is 0. The molecule has 2 atom stereocenters. The zero-order valence-electron chi connectivity index (χ0n) is 7.58. The second-order valence-corrected chi connectivity index (χ2v) is 3.00. The molecule has 0 aromatic carbocycles. The predicted octanol–water partition coefficient (Wildman–Crippen LogP) is 1.12. The normalized spacial score (nSPS) is 14.8. The van der Waals surface area contributed by atoms with Crippen molar-refractivity contribution in [2.75, 3.05) is 6.61 Å². The fourth-order valence-electron chi connectivity index (χ4n) is 1.13. The minimum absolute atomic E-state index is 0.106. The van der Waals surface area contributed by atoms with Crippen LogP contribution >= 0.6 is 0 Å². The van der Waals surface area contributed by atoms with Crippen LogP contribution in [0.25, 0.3) is 0 Å². The Labute approximate surface area is 73.0 Å². The first-order valence-electron chi connectivity index (χ1n) is 4.18. The standard InChI is InChI=1S/C9H15NO2/c1-3-8(9(12)6-11)4-7(2)5-10/h7-8,11H,3-4,6H2,1-2H3. The van der Waals surface area contributed by atoms with Crippen molar-refractivity contribution in [3.05, 3.63) is 0 Å². The number of ketones is 1. The molecule has 0 aliphatic rings. The van der Waals surface area contributed by atoms with E-state index in [9.17, 15) is 4.79 Å². The number of nitrogens with zero attached hydrogens (tertiary/aromatic N) is 1. The van der Waals surface area contributed by atoms with E-state index >= 15 is 0 Å². The molecule has 0 saturated heterocycles. The molecule has 0 aliphatic heterocycles. The van der Waals surface area contributed by atoms with Gasteiger partial charge in [-0.2, -0.15) is 5.26 Å². The van der Waals surface area contributed by atoms with Gasteiger partial charge in [0.15, 0.2) is 5.78 Å². The zero-order valence-corrected chi connectivity index (χ0v) is 7.58. The fraction of sp³-hybridized carbons (Fsp3) is 0.778. The lowest BCUT2D eigenvalue weighted by Gasteiger charge is -2.12. The lowest BCUT2D eigenvalue weighted by atomic mass is 9.91. The van der Waals surface area contributed by atoms with Gasteiger partial charge in [-0.1, -0.05) is 6.92 Å². The summed E-state index contributed by atoms with van der Waals surface area (Å²) in [6, 6.07) is 2.07. The topological polar surface area (TPSA) is 61.1 Å². The van der Waals surface area contributed by atoms with Crippen molar-refractivity contribution >= 4 is 5.78 Å². The van der Waals surface area contributed by atoms with Gasteiger partial charge in [0.25, 0.3) is 0 Å². The Hall–Kier alpha value is -0.880. The second kappa shape index (κ2) is 5.73. The first-order valence-corrected chi connectivity index (χ1v) is 4.18. The molecule has 0 saturated carbocycles. The molecule has 0 bridgehead atoms. The second-order valence-electron chi connectivity index (χ2n) is 3.00. The molecule has 3 nitrogen and oxygen atoms in total. The van der Waals surface area contributed by atoms with Crippen molar-refractivity contribution in [1.29, 1.82) is 5.26 Å². The number of carbonyl (C=O) groups excluding carboxylic acids is 1. The van der Waals surface area contributed by atoms with Crippen molar-refractivity contribution in [2.45, 2.75) is 26.7 Å². The summed E-state index contributed by atoms with van der Waals surface area (Å²) in [6.45, 7) is 3.27. The highest BCUT2D eigenvalue weighted by atomic mass is 16.3. The smallest absolute Gasteiger partial charge is 0.161 e. The summed E-state index contributed by atoms with van der Waals surface area (Å²) in [7, 11) is 0. The lowest BCUT2D eigenvalue weighted by Crippen LogP contribution is -2.19. The van der Waals surface area contributed by atoms with Crippen molar-refractivity contribution in [3.8, 4) is 6.07 Å². The first kappa shape index (κ1) is 11.1. The van der Waals surface area contributed by atoms with Crippen LogP contribution in [0.2, 0.25) is 0 Å². The first-order chi connectivity index (χ1) is 5.65. The number of hydrogen-bond acceptors (Lipinski definition) is 3. The summed E-state index contributed by atoms with van der Waals surface area (Å²) in [5.41, 5.74) is 0. The number of aliphatic hydroxyl groups is 1. The minimum Gasteiger partial charge on any atom is -0.389 e. The molecular weight excluding hydrogens is 154 g/mol. The Morgan fingerprint density at radius 1 is 1.67 bits per heavy atom. The van der Waals surface area contributed by atoms with Crippen LogP contribution in [-0.4, -0.2) is 17.5 Å². The molecule has 0 fully saturated rings. The molecule has 2 unspecified atom stereocenters. The quantitative estimate of drug-likeness (QED) is 0.671. The molecule has 12 heavy (non-hydrogen) atoms. The van der Waals surface area contributed by atoms with Crippen molar-refractivity contribution in [1.82, 2.24) is 0 Å². The maximum absolute atomic E-state index is 11.0. The average molecular weight is 169 g/mol. The van der Waals surface area contributed by atoms with Crippen molar-refractivity contribution < 1.29 is 9.90 Å². The third-order valence-electron chi connectivity index (χ3n) is 1.96. The van der Waals surface area contributed by atoms with E-state index < -0.39 is 6.61 Å². The van der Waals surface area contributed by atoms with Gasteiger partial charge in [-0.15, -0.1) is 0 Å². The largest absolute Gasteiger partial charge is 0.389 e. The molecular formula is C9H15NO2. The highest BCUT2D eigenvalue weighted by Crippen LogP contribution is 2.15. The van der Waals surface area contributed by atoms with Crippen LogP contribution in [-0.2, 0) is 4.79 Å². The summed E-state index contributed by atoms with van der Waals surface area (Å²) in [5, 5.41) is 17.1. The van der Waals surface area contributed by atoms with E-state index in [2.05, 4.69) is 6.07 Å². The van der Waals surface area contributed by atoms with Gasteiger partial charge in [0.1, 0.15) is 6.61 Å². The van der Waals surface area contributed by atoms with E-state index in [1.165, 1.54) is 0 Å². The molecule has 68 valence electrons. The van der Waals surface area contributed by atoms with Gasteiger partial charge in [0.05, 0.1) is 6.07 Å². The van der Waals surface area contributed by atoms with Gasteiger partial charge in [0.2, 0.25) is 0 Å². The Morgan fingerprint density at radius 2 is 2.25 bits per heavy atom. The molecule has 1 N–H and O–H groups in total. The molecule has 0 aromatic rings. The van der Waals surface area contributed by atoms with Gasteiger partial charge in [0, 0.05) is 11.8 Å². The monoisotopic (exact) mass is 169 g/mol. The van der Waals surface area contributed by atoms with Crippen LogP contribution in [0.4, 0.5) is 0 Å². The van der Waals surface area contributed by atoms with Gasteiger partial charge in [-0.3, -0.25) is 4.79 Å². The van der Waals surface area contributed by atoms with E-state index in [0.29, 0.717) is 12.8 Å². The molecule has 0 heterocycles. The van der Waals surface area contributed by atoms with Crippen LogP contribution in [0.1, 0.15) is 26.7 Å². The molecule has 0 aliphatic carbocycles. The third kappa shape index (κ3) is 3.49. The van der Waals surface area contributed by atoms with Gasteiger partial charge in [-0.25, -0.2) is 0 Å². The summed E-state index contributed by atoms with van der Waals surface area (Å²) in [5.74, 6) is -0.408. The average Bonchev–Trinajstić information content (AvgIpc) is 2.12. The maximum Gasteiger partial charge on any atom is 0.161 e. The SMILES string of the molecule is CCC(CC(C)C#N)C(=O)CO. The highest BCUT2D eigenvalue weighted by molar-refractivity contribution is 5.81. The summed E-state index contributed by atoms with van der Waals surface area (Å²) in [4.78, 5) is 11.0. The Balaban J connectivity index is 4.01. The zero-order chi connectivity index (χ0) is 9.56. The number of Topliss-reactive ketones (excluding diaryl/α,β-unsaturated/α-hetero) is 1. The minimum atomic E-state index is -0.406. The van der Waals surface area contributed by atoms with Crippen LogP contribution in [0.5, 0.6) is 0 Å². The molecule has 0 amide bonds. The number of hydrogen-bond donors (Lipinski definition) is 1. The van der Waals surface area contributed by atoms with Crippen LogP contribution < -0.4 is 0 Å². The van der Waals surface area contributed by atoms with E-state index in [4.69, 9.17) is 10.4 Å². The highest BCUT2D eigenvalue weighted by Gasteiger charge is 2.17. The number of carbonyl (C=O) groups is 1.